The van der Waals surface area contributed by atoms with Gasteiger partial charge < -0.3 is 10.6 Å². The summed E-state index contributed by atoms with van der Waals surface area (Å²) in [5.74, 6) is 2.40. The fraction of sp³-hybridized carbons (Fsp3) is 0.750. The molecule has 2 heterocycles. The van der Waals surface area contributed by atoms with Crippen molar-refractivity contribution in [2.45, 2.75) is 51.0 Å². The molecule has 2 aliphatic rings. The van der Waals surface area contributed by atoms with Crippen molar-refractivity contribution in [1.82, 2.24) is 15.6 Å². The Morgan fingerprint density at radius 2 is 2.22 bits per heavy atom. The van der Waals surface area contributed by atoms with Crippen LogP contribution in [0.3, 0.4) is 0 Å². The number of carbonyl (C=O) groups is 1. The number of rotatable bonds is 6. The van der Waals surface area contributed by atoms with E-state index in [1.807, 2.05) is 23.1 Å². The molecule has 1 saturated heterocycles. The fourth-order valence-electron chi connectivity index (χ4n) is 3.03. The summed E-state index contributed by atoms with van der Waals surface area (Å²) in [6.07, 6.45) is 7.59. The van der Waals surface area contributed by atoms with Crippen LogP contribution < -0.4 is 10.6 Å². The standard InChI is InChI=1S/C16H25N3OS2.ClH/c20-15(10-12-11-21-9-8-17-12)18-7-3-6-16-19-13-4-1-2-5-14(13)22-16;/h12,17H,1-11H2,(H,18,20);1H. The second-order valence-electron chi connectivity index (χ2n) is 6.07. The van der Waals surface area contributed by atoms with Crippen molar-refractivity contribution >= 4 is 41.4 Å². The fourth-order valence-corrected chi connectivity index (χ4v) is 5.17. The molecule has 1 aromatic heterocycles. The molecule has 1 unspecified atom stereocenters. The zero-order valence-corrected chi connectivity index (χ0v) is 15.9. The largest absolute Gasteiger partial charge is 0.356 e. The number of hydrogen-bond acceptors (Lipinski definition) is 5. The SMILES string of the molecule is Cl.O=C(CC1CSCCN1)NCCCc1nc2c(s1)CCCC2. The molecule has 0 saturated carbocycles. The zero-order valence-electron chi connectivity index (χ0n) is 13.4. The molecule has 0 bridgehead atoms. The van der Waals surface area contributed by atoms with Crippen molar-refractivity contribution in [3.63, 3.8) is 0 Å². The summed E-state index contributed by atoms with van der Waals surface area (Å²) in [6, 6.07) is 0.351. The number of nitrogens with zero attached hydrogens (tertiary/aromatic N) is 1. The predicted octanol–water partition coefficient (Wildman–Crippen LogP) is 2.59. The van der Waals surface area contributed by atoms with E-state index in [1.165, 1.54) is 34.8 Å². The summed E-state index contributed by atoms with van der Waals surface area (Å²) in [5.41, 5.74) is 1.34. The smallest absolute Gasteiger partial charge is 0.221 e. The molecule has 0 spiro atoms. The van der Waals surface area contributed by atoms with Gasteiger partial charge in [0.05, 0.1) is 10.7 Å². The second-order valence-corrected chi connectivity index (χ2v) is 8.39. The van der Waals surface area contributed by atoms with Gasteiger partial charge in [-0.3, -0.25) is 4.79 Å². The predicted molar refractivity (Wildman–Crippen MR) is 101 cm³/mol. The van der Waals surface area contributed by atoms with E-state index in [9.17, 15) is 4.79 Å². The van der Waals surface area contributed by atoms with Crippen LogP contribution >= 0.6 is 35.5 Å². The van der Waals surface area contributed by atoms with Crippen LogP contribution in [0.1, 0.15) is 41.3 Å². The summed E-state index contributed by atoms with van der Waals surface area (Å²) in [4.78, 5) is 18.2. The zero-order chi connectivity index (χ0) is 15.2. The van der Waals surface area contributed by atoms with E-state index in [0.29, 0.717) is 12.5 Å². The molecule has 4 nitrogen and oxygen atoms in total. The maximum Gasteiger partial charge on any atom is 0.221 e. The number of aryl methyl sites for hydroxylation is 3. The van der Waals surface area contributed by atoms with Crippen molar-refractivity contribution in [3.05, 3.63) is 15.6 Å². The molecule has 2 N–H and O–H groups in total. The van der Waals surface area contributed by atoms with Crippen molar-refractivity contribution in [2.75, 3.05) is 24.6 Å². The van der Waals surface area contributed by atoms with Crippen LogP contribution in [0.5, 0.6) is 0 Å². The van der Waals surface area contributed by atoms with Crippen LogP contribution in [0.15, 0.2) is 0 Å². The van der Waals surface area contributed by atoms with Gasteiger partial charge in [-0.1, -0.05) is 0 Å². The molecule has 1 fully saturated rings. The minimum atomic E-state index is 0. The van der Waals surface area contributed by atoms with Gasteiger partial charge in [0.15, 0.2) is 0 Å². The van der Waals surface area contributed by atoms with Crippen molar-refractivity contribution in [1.29, 1.82) is 0 Å². The normalized spacial score (nSPS) is 20.4. The highest BCUT2D eigenvalue weighted by Crippen LogP contribution is 2.27. The molecular weight excluding hydrogens is 350 g/mol. The summed E-state index contributed by atoms with van der Waals surface area (Å²) >= 11 is 3.82. The number of fused-ring (bicyclic) bond motifs is 1. The lowest BCUT2D eigenvalue weighted by Gasteiger charge is -2.22. The number of halogens is 1. The monoisotopic (exact) mass is 375 g/mol. The first-order valence-electron chi connectivity index (χ1n) is 8.36. The van der Waals surface area contributed by atoms with Gasteiger partial charge in [-0.15, -0.1) is 23.7 Å². The maximum absolute atomic E-state index is 11.9. The quantitative estimate of drug-likeness (QED) is 0.750. The van der Waals surface area contributed by atoms with Gasteiger partial charge in [0.2, 0.25) is 5.91 Å². The summed E-state index contributed by atoms with van der Waals surface area (Å²) in [6.45, 7) is 1.79. The Kier molecular flexibility index (Phi) is 8.16. The third-order valence-corrected chi connectivity index (χ3v) is 6.56. The number of carbonyl (C=O) groups excluding carboxylic acids is 1. The van der Waals surface area contributed by atoms with E-state index in [0.717, 1.165) is 43.9 Å². The highest BCUT2D eigenvalue weighted by molar-refractivity contribution is 7.99. The van der Waals surface area contributed by atoms with Crippen LogP contribution in [-0.4, -0.2) is 41.5 Å². The van der Waals surface area contributed by atoms with Gasteiger partial charge in [-0.05, 0) is 32.1 Å². The number of thiazole rings is 1. The number of nitrogens with one attached hydrogen (secondary N) is 2. The Morgan fingerprint density at radius 3 is 3.00 bits per heavy atom. The van der Waals surface area contributed by atoms with Gasteiger partial charge in [-0.2, -0.15) is 11.8 Å². The van der Waals surface area contributed by atoms with Gasteiger partial charge in [0, 0.05) is 48.4 Å². The van der Waals surface area contributed by atoms with E-state index in [4.69, 9.17) is 4.98 Å². The Balaban J connectivity index is 0.00000192. The van der Waals surface area contributed by atoms with Gasteiger partial charge in [-0.25, -0.2) is 4.98 Å². The summed E-state index contributed by atoms with van der Waals surface area (Å²) in [7, 11) is 0. The van der Waals surface area contributed by atoms with E-state index in [-0.39, 0.29) is 18.3 Å². The van der Waals surface area contributed by atoms with E-state index in [1.54, 1.807) is 0 Å². The van der Waals surface area contributed by atoms with Crippen LogP contribution in [0.25, 0.3) is 0 Å². The first-order chi connectivity index (χ1) is 10.8. The van der Waals surface area contributed by atoms with Gasteiger partial charge >= 0.3 is 0 Å². The third-order valence-electron chi connectivity index (χ3n) is 4.21. The average molecular weight is 376 g/mol. The lowest BCUT2D eigenvalue weighted by molar-refractivity contribution is -0.121. The third kappa shape index (κ3) is 5.93. The lowest BCUT2D eigenvalue weighted by Crippen LogP contribution is -2.41. The van der Waals surface area contributed by atoms with Gasteiger partial charge in [0.25, 0.3) is 0 Å². The summed E-state index contributed by atoms with van der Waals surface area (Å²) < 4.78 is 0. The molecule has 130 valence electrons. The first-order valence-corrected chi connectivity index (χ1v) is 10.3. The minimum absolute atomic E-state index is 0. The van der Waals surface area contributed by atoms with Crippen LogP contribution in [0, 0.1) is 0 Å². The van der Waals surface area contributed by atoms with E-state index in [2.05, 4.69) is 10.6 Å². The topological polar surface area (TPSA) is 54.0 Å². The molecule has 1 aromatic rings. The summed E-state index contributed by atoms with van der Waals surface area (Å²) in [5, 5.41) is 7.71. The van der Waals surface area contributed by atoms with Crippen molar-refractivity contribution in [2.24, 2.45) is 0 Å². The first kappa shape index (κ1) is 19.0. The number of aromatic nitrogens is 1. The average Bonchev–Trinajstić information content (AvgIpc) is 2.95. The minimum Gasteiger partial charge on any atom is -0.356 e. The molecule has 23 heavy (non-hydrogen) atoms. The van der Waals surface area contributed by atoms with Gasteiger partial charge in [0.1, 0.15) is 0 Å². The van der Waals surface area contributed by atoms with E-state index < -0.39 is 0 Å². The molecule has 7 heteroatoms. The van der Waals surface area contributed by atoms with Crippen molar-refractivity contribution in [3.8, 4) is 0 Å². The number of amides is 1. The molecule has 3 rings (SSSR count). The molecule has 1 aliphatic carbocycles. The van der Waals surface area contributed by atoms with E-state index >= 15 is 0 Å². The van der Waals surface area contributed by atoms with Crippen LogP contribution in [0.2, 0.25) is 0 Å². The van der Waals surface area contributed by atoms with Crippen LogP contribution in [-0.2, 0) is 24.1 Å². The second kappa shape index (κ2) is 9.87. The Morgan fingerprint density at radius 1 is 1.35 bits per heavy atom. The molecular formula is C16H26ClN3OS2. The Bertz CT molecular complexity index is 480. The maximum atomic E-state index is 11.9. The number of thioether (sulfide) groups is 1. The lowest BCUT2D eigenvalue weighted by atomic mass is 10.0. The molecule has 1 aliphatic heterocycles. The Hall–Kier alpha value is -0.300. The van der Waals surface area contributed by atoms with Crippen LogP contribution in [0.4, 0.5) is 0 Å². The Labute approximate surface area is 153 Å². The molecule has 0 radical (unpaired) electrons. The molecule has 0 aromatic carbocycles. The molecule has 1 atom stereocenters. The number of hydrogen-bond donors (Lipinski definition) is 2. The molecule has 1 amide bonds. The van der Waals surface area contributed by atoms with Crippen molar-refractivity contribution < 1.29 is 4.79 Å². The highest BCUT2D eigenvalue weighted by Gasteiger charge is 2.17. The highest BCUT2D eigenvalue weighted by atomic mass is 35.5.